The van der Waals surface area contributed by atoms with E-state index in [-0.39, 0.29) is 12.4 Å². The van der Waals surface area contributed by atoms with E-state index in [1.807, 2.05) is 0 Å². The van der Waals surface area contributed by atoms with Crippen LogP contribution in [0.3, 0.4) is 0 Å². The highest BCUT2D eigenvalue weighted by Crippen LogP contribution is 2.21. The first kappa shape index (κ1) is 9.03. The van der Waals surface area contributed by atoms with Gasteiger partial charge in [0.2, 0.25) is 0 Å². The third-order valence-corrected chi connectivity index (χ3v) is 1.76. The Kier molecular flexibility index (Phi) is 2.68. The van der Waals surface area contributed by atoms with Crippen LogP contribution >= 0.6 is 0 Å². The van der Waals surface area contributed by atoms with Crippen molar-refractivity contribution in [3.63, 3.8) is 0 Å². The highest BCUT2D eigenvalue weighted by Gasteiger charge is 2.04. The van der Waals surface area contributed by atoms with E-state index >= 15 is 0 Å². The molecule has 0 aliphatic carbocycles. The summed E-state index contributed by atoms with van der Waals surface area (Å²) in [5, 5.41) is 27.1. The molecule has 1 aromatic rings. The molecule has 12 heavy (non-hydrogen) atoms. The lowest BCUT2D eigenvalue weighted by atomic mass is 10.1. The van der Waals surface area contributed by atoms with E-state index in [0.717, 1.165) is 0 Å². The first-order chi connectivity index (χ1) is 5.65. The topological polar surface area (TPSA) is 60.7 Å². The number of benzene rings is 1. The van der Waals surface area contributed by atoms with Crippen LogP contribution in [0.15, 0.2) is 18.2 Å². The zero-order chi connectivity index (χ0) is 9.14. The average Bonchev–Trinajstić information content (AvgIpc) is 2.05. The van der Waals surface area contributed by atoms with Gasteiger partial charge in [-0.1, -0.05) is 6.07 Å². The number of rotatable bonds is 2. The molecular formula is C9H12O3. The van der Waals surface area contributed by atoms with Crippen molar-refractivity contribution in [2.24, 2.45) is 0 Å². The lowest BCUT2D eigenvalue weighted by Crippen LogP contribution is -1.93. The molecule has 0 radical (unpaired) electrons. The SMILES string of the molecule is CC(O)c1ccc(O)c(CO)c1. The van der Waals surface area contributed by atoms with Crippen LogP contribution in [0, 0.1) is 0 Å². The highest BCUT2D eigenvalue weighted by atomic mass is 16.3. The van der Waals surface area contributed by atoms with Crippen molar-refractivity contribution in [1.29, 1.82) is 0 Å². The fourth-order valence-corrected chi connectivity index (χ4v) is 0.992. The van der Waals surface area contributed by atoms with Gasteiger partial charge in [0.1, 0.15) is 5.75 Å². The molecule has 1 unspecified atom stereocenters. The van der Waals surface area contributed by atoms with Crippen LogP contribution in [0.2, 0.25) is 0 Å². The minimum atomic E-state index is -0.573. The Morgan fingerprint density at radius 2 is 2.08 bits per heavy atom. The number of aromatic hydroxyl groups is 1. The molecule has 0 aromatic heterocycles. The number of hydrogen-bond donors (Lipinski definition) is 3. The standard InChI is InChI=1S/C9H12O3/c1-6(11)7-2-3-9(12)8(4-7)5-10/h2-4,6,10-12H,5H2,1H3. The fourth-order valence-electron chi connectivity index (χ4n) is 0.992. The van der Waals surface area contributed by atoms with Crippen molar-refractivity contribution in [3.05, 3.63) is 29.3 Å². The van der Waals surface area contributed by atoms with Crippen molar-refractivity contribution in [1.82, 2.24) is 0 Å². The molecule has 0 aliphatic rings. The third kappa shape index (κ3) is 1.75. The zero-order valence-corrected chi connectivity index (χ0v) is 6.86. The van der Waals surface area contributed by atoms with Crippen molar-refractivity contribution in [3.8, 4) is 5.75 Å². The molecule has 0 fully saturated rings. The van der Waals surface area contributed by atoms with Gasteiger partial charge in [-0.25, -0.2) is 0 Å². The van der Waals surface area contributed by atoms with Crippen molar-refractivity contribution < 1.29 is 15.3 Å². The monoisotopic (exact) mass is 168 g/mol. The Labute approximate surface area is 70.9 Å². The van der Waals surface area contributed by atoms with E-state index < -0.39 is 6.10 Å². The van der Waals surface area contributed by atoms with Gasteiger partial charge in [-0.15, -0.1) is 0 Å². The number of hydrogen-bond acceptors (Lipinski definition) is 3. The molecule has 0 saturated carbocycles. The van der Waals surface area contributed by atoms with Crippen molar-refractivity contribution in [2.75, 3.05) is 0 Å². The largest absolute Gasteiger partial charge is 0.508 e. The molecule has 0 saturated heterocycles. The third-order valence-electron chi connectivity index (χ3n) is 1.76. The molecule has 1 atom stereocenters. The van der Waals surface area contributed by atoms with Gasteiger partial charge in [0.25, 0.3) is 0 Å². The summed E-state index contributed by atoms with van der Waals surface area (Å²) in [5.74, 6) is 0.0573. The van der Waals surface area contributed by atoms with Gasteiger partial charge in [0.05, 0.1) is 12.7 Å². The molecule has 0 aliphatic heterocycles. The summed E-state index contributed by atoms with van der Waals surface area (Å²) in [6.45, 7) is 1.42. The average molecular weight is 168 g/mol. The highest BCUT2D eigenvalue weighted by molar-refractivity contribution is 5.36. The Morgan fingerprint density at radius 1 is 1.42 bits per heavy atom. The fraction of sp³-hybridized carbons (Fsp3) is 0.333. The van der Waals surface area contributed by atoms with Crippen LogP contribution in [0.1, 0.15) is 24.2 Å². The lowest BCUT2D eigenvalue weighted by Gasteiger charge is -2.07. The number of aliphatic hydroxyl groups is 2. The number of aliphatic hydroxyl groups excluding tert-OH is 2. The normalized spacial score (nSPS) is 12.9. The summed E-state index contributed by atoms with van der Waals surface area (Å²) in [5.41, 5.74) is 1.13. The summed E-state index contributed by atoms with van der Waals surface area (Å²) in [4.78, 5) is 0. The molecule has 0 bridgehead atoms. The summed E-state index contributed by atoms with van der Waals surface area (Å²) in [7, 11) is 0. The van der Waals surface area contributed by atoms with Gasteiger partial charge in [-0.05, 0) is 24.6 Å². The second kappa shape index (κ2) is 3.56. The molecule has 1 aromatic carbocycles. The molecule has 1 rings (SSSR count). The van der Waals surface area contributed by atoms with Gasteiger partial charge in [-0.2, -0.15) is 0 Å². The second-order valence-electron chi connectivity index (χ2n) is 2.72. The molecule has 3 N–H and O–H groups in total. The predicted octanol–water partition coefficient (Wildman–Crippen LogP) is 0.938. The predicted molar refractivity (Wildman–Crippen MR) is 44.7 cm³/mol. The van der Waals surface area contributed by atoms with Crippen LogP contribution in [-0.4, -0.2) is 15.3 Å². The maximum atomic E-state index is 9.18. The van der Waals surface area contributed by atoms with Gasteiger partial charge in [0.15, 0.2) is 0 Å². The Hall–Kier alpha value is -1.06. The zero-order valence-electron chi connectivity index (χ0n) is 6.86. The van der Waals surface area contributed by atoms with Crippen LogP contribution in [0.25, 0.3) is 0 Å². The van der Waals surface area contributed by atoms with E-state index in [4.69, 9.17) is 5.11 Å². The van der Waals surface area contributed by atoms with Gasteiger partial charge in [0, 0.05) is 5.56 Å². The molecule has 0 heterocycles. The Morgan fingerprint density at radius 3 is 2.58 bits per heavy atom. The summed E-state index contributed by atoms with van der Waals surface area (Å²) in [6, 6.07) is 4.67. The van der Waals surface area contributed by atoms with Gasteiger partial charge >= 0.3 is 0 Å². The van der Waals surface area contributed by atoms with E-state index in [2.05, 4.69) is 0 Å². The summed E-state index contributed by atoms with van der Waals surface area (Å²) < 4.78 is 0. The van der Waals surface area contributed by atoms with E-state index in [1.165, 1.54) is 6.07 Å². The minimum Gasteiger partial charge on any atom is -0.508 e. The van der Waals surface area contributed by atoms with Crippen LogP contribution < -0.4 is 0 Å². The first-order valence-corrected chi connectivity index (χ1v) is 3.76. The van der Waals surface area contributed by atoms with Crippen molar-refractivity contribution >= 4 is 0 Å². The van der Waals surface area contributed by atoms with Crippen molar-refractivity contribution in [2.45, 2.75) is 19.6 Å². The van der Waals surface area contributed by atoms with Gasteiger partial charge in [-0.3, -0.25) is 0 Å². The first-order valence-electron chi connectivity index (χ1n) is 3.76. The van der Waals surface area contributed by atoms with Crippen LogP contribution in [0.4, 0.5) is 0 Å². The summed E-state index contributed by atoms with van der Waals surface area (Å²) >= 11 is 0. The van der Waals surface area contributed by atoms with E-state index in [1.54, 1.807) is 19.1 Å². The Bertz CT molecular complexity index is 268. The maximum Gasteiger partial charge on any atom is 0.121 e. The maximum absolute atomic E-state index is 9.18. The number of phenols is 1. The molecule has 3 heteroatoms. The quantitative estimate of drug-likeness (QED) is 0.615. The molecule has 0 spiro atoms. The lowest BCUT2D eigenvalue weighted by molar-refractivity contribution is 0.198. The van der Waals surface area contributed by atoms with Crippen LogP contribution in [-0.2, 0) is 6.61 Å². The van der Waals surface area contributed by atoms with Crippen LogP contribution in [0.5, 0.6) is 5.75 Å². The van der Waals surface area contributed by atoms with E-state index in [9.17, 15) is 10.2 Å². The Balaban J connectivity index is 3.05. The molecule has 3 nitrogen and oxygen atoms in total. The minimum absolute atomic E-state index is 0.0573. The van der Waals surface area contributed by atoms with E-state index in [0.29, 0.717) is 11.1 Å². The molecular weight excluding hydrogens is 156 g/mol. The smallest absolute Gasteiger partial charge is 0.121 e. The summed E-state index contributed by atoms with van der Waals surface area (Å²) in [6.07, 6.45) is -0.573. The second-order valence-corrected chi connectivity index (χ2v) is 2.72. The molecule has 0 amide bonds. The molecule has 66 valence electrons. The van der Waals surface area contributed by atoms with Gasteiger partial charge < -0.3 is 15.3 Å².